The summed E-state index contributed by atoms with van der Waals surface area (Å²) in [6, 6.07) is 8.34. The van der Waals surface area contributed by atoms with E-state index >= 15 is 0 Å². The first-order valence-corrected chi connectivity index (χ1v) is 5.87. The molecule has 0 saturated carbocycles. The molecule has 0 fully saturated rings. The molecule has 7 heteroatoms. The van der Waals surface area contributed by atoms with E-state index in [2.05, 4.69) is 15.0 Å². The first-order valence-electron chi connectivity index (χ1n) is 5.49. The Kier molecular flexibility index (Phi) is 4.27. The van der Waals surface area contributed by atoms with E-state index in [1.54, 1.807) is 18.2 Å². The maximum absolute atomic E-state index is 13.0. The molecular weight excluding hydrogens is 285 g/mol. The third-order valence-electron chi connectivity index (χ3n) is 2.30. The zero-order valence-corrected chi connectivity index (χ0v) is 10.8. The van der Waals surface area contributed by atoms with Crippen molar-refractivity contribution in [1.82, 2.24) is 4.98 Å². The molecule has 0 aliphatic heterocycles. The average molecular weight is 294 g/mol. The Balaban J connectivity index is 2.14. The summed E-state index contributed by atoms with van der Waals surface area (Å²) in [6.45, 7) is 0. The Morgan fingerprint density at radius 1 is 1.35 bits per heavy atom. The summed E-state index contributed by atoms with van der Waals surface area (Å²) in [7, 11) is 0. The van der Waals surface area contributed by atoms with Crippen LogP contribution < -0.4 is 5.73 Å². The van der Waals surface area contributed by atoms with Crippen LogP contribution in [-0.4, -0.2) is 16.8 Å². The van der Waals surface area contributed by atoms with E-state index in [-0.39, 0.29) is 16.4 Å². The molecule has 2 aromatic rings. The lowest BCUT2D eigenvalue weighted by molar-refractivity contribution is 0.0515. The number of aromatic nitrogens is 1. The highest BCUT2D eigenvalue weighted by atomic mass is 35.5. The van der Waals surface area contributed by atoms with Crippen LogP contribution in [0.25, 0.3) is 0 Å². The Labute approximate surface area is 118 Å². The van der Waals surface area contributed by atoms with Crippen LogP contribution in [0, 0.1) is 5.82 Å². The molecule has 0 atom stereocenters. The Hall–Kier alpha value is -2.47. The van der Waals surface area contributed by atoms with Crippen LogP contribution in [0.3, 0.4) is 0 Å². The zero-order valence-electron chi connectivity index (χ0n) is 10.1. The van der Waals surface area contributed by atoms with Crippen molar-refractivity contribution < 1.29 is 14.0 Å². The fourth-order valence-corrected chi connectivity index (χ4v) is 1.55. The van der Waals surface area contributed by atoms with Crippen molar-refractivity contribution in [2.24, 2.45) is 10.9 Å². The number of amidine groups is 1. The maximum Gasteiger partial charge on any atom is 0.367 e. The highest BCUT2D eigenvalue weighted by Gasteiger charge is 2.13. The van der Waals surface area contributed by atoms with Gasteiger partial charge in [-0.2, -0.15) is 0 Å². The lowest BCUT2D eigenvalue weighted by Crippen LogP contribution is -2.16. The summed E-state index contributed by atoms with van der Waals surface area (Å²) in [5.74, 6) is -1.59. The van der Waals surface area contributed by atoms with E-state index < -0.39 is 11.8 Å². The molecule has 0 aliphatic rings. The van der Waals surface area contributed by atoms with Crippen molar-refractivity contribution in [2.75, 3.05) is 0 Å². The molecule has 0 unspecified atom stereocenters. The highest BCUT2D eigenvalue weighted by Crippen LogP contribution is 2.18. The largest absolute Gasteiger partial charge is 0.379 e. The van der Waals surface area contributed by atoms with Crippen LogP contribution in [0.5, 0.6) is 0 Å². The van der Waals surface area contributed by atoms with Crippen molar-refractivity contribution >= 4 is 23.4 Å². The number of carbonyl (C=O) groups is 1. The lowest BCUT2D eigenvalue weighted by atomic mass is 10.2. The summed E-state index contributed by atoms with van der Waals surface area (Å²) >= 11 is 5.76. The number of rotatable bonds is 3. The number of halogens is 2. The van der Waals surface area contributed by atoms with Gasteiger partial charge in [0.05, 0.1) is 10.6 Å². The molecule has 2 N–H and O–H groups in total. The lowest BCUT2D eigenvalue weighted by Gasteiger charge is -2.02. The first-order chi connectivity index (χ1) is 9.58. The number of oxime groups is 1. The Bertz CT molecular complexity index is 662. The summed E-state index contributed by atoms with van der Waals surface area (Å²) in [5.41, 5.74) is 5.81. The molecule has 1 aromatic carbocycles. The Morgan fingerprint density at radius 3 is 2.85 bits per heavy atom. The van der Waals surface area contributed by atoms with Crippen molar-refractivity contribution in [3.8, 4) is 0 Å². The van der Waals surface area contributed by atoms with E-state index in [0.717, 1.165) is 12.1 Å². The van der Waals surface area contributed by atoms with E-state index in [0.29, 0.717) is 5.69 Å². The minimum Gasteiger partial charge on any atom is -0.379 e. The second-order valence-corrected chi connectivity index (χ2v) is 4.10. The van der Waals surface area contributed by atoms with Gasteiger partial charge in [0.25, 0.3) is 0 Å². The van der Waals surface area contributed by atoms with Gasteiger partial charge in [-0.05, 0) is 30.3 Å². The van der Waals surface area contributed by atoms with Crippen molar-refractivity contribution in [2.45, 2.75) is 0 Å². The van der Waals surface area contributed by atoms with Gasteiger partial charge in [-0.1, -0.05) is 22.8 Å². The van der Waals surface area contributed by atoms with Crippen LogP contribution in [0.1, 0.15) is 16.1 Å². The molecule has 0 spiro atoms. The summed E-state index contributed by atoms with van der Waals surface area (Å²) in [6.07, 6.45) is 1.52. The third kappa shape index (κ3) is 3.30. The second kappa shape index (κ2) is 6.12. The molecule has 2 rings (SSSR count). The van der Waals surface area contributed by atoms with Gasteiger partial charge >= 0.3 is 5.97 Å². The predicted molar refractivity (Wildman–Crippen MR) is 71.8 cm³/mol. The van der Waals surface area contributed by atoms with Gasteiger partial charge in [0.2, 0.25) is 0 Å². The molecule has 0 saturated heterocycles. The summed E-state index contributed by atoms with van der Waals surface area (Å²) in [4.78, 5) is 20.2. The van der Waals surface area contributed by atoms with Gasteiger partial charge in [-0.3, -0.25) is 4.98 Å². The normalized spacial score (nSPS) is 11.2. The fraction of sp³-hybridized carbons (Fsp3) is 0. The maximum atomic E-state index is 13.0. The average Bonchev–Trinajstić information content (AvgIpc) is 2.47. The molecule has 1 heterocycles. The highest BCUT2D eigenvalue weighted by molar-refractivity contribution is 6.33. The number of nitrogens with zero attached hydrogens (tertiary/aromatic N) is 2. The molecule has 0 amide bonds. The molecule has 20 heavy (non-hydrogen) atoms. The number of nitrogens with two attached hydrogens (primary N) is 1. The molecule has 5 nitrogen and oxygen atoms in total. The van der Waals surface area contributed by atoms with Gasteiger partial charge in [-0.25, -0.2) is 9.18 Å². The van der Waals surface area contributed by atoms with E-state index in [1.807, 2.05) is 0 Å². The zero-order chi connectivity index (χ0) is 14.5. The second-order valence-electron chi connectivity index (χ2n) is 3.69. The van der Waals surface area contributed by atoms with Crippen LogP contribution in [0.15, 0.2) is 47.8 Å². The van der Waals surface area contributed by atoms with Gasteiger partial charge in [0, 0.05) is 6.20 Å². The van der Waals surface area contributed by atoms with Gasteiger partial charge < -0.3 is 10.6 Å². The fourth-order valence-electron chi connectivity index (χ4n) is 1.35. The van der Waals surface area contributed by atoms with E-state index in [9.17, 15) is 9.18 Å². The first kappa shape index (κ1) is 14.0. The van der Waals surface area contributed by atoms with Crippen LogP contribution >= 0.6 is 11.6 Å². The number of hydrogen-bond donors (Lipinski definition) is 1. The van der Waals surface area contributed by atoms with Crippen molar-refractivity contribution in [3.05, 3.63) is 64.7 Å². The Morgan fingerprint density at radius 2 is 2.15 bits per heavy atom. The monoisotopic (exact) mass is 293 g/mol. The number of benzene rings is 1. The van der Waals surface area contributed by atoms with Crippen LogP contribution in [0.2, 0.25) is 5.02 Å². The van der Waals surface area contributed by atoms with Gasteiger partial charge in [0.1, 0.15) is 11.5 Å². The van der Waals surface area contributed by atoms with E-state index in [1.165, 1.54) is 12.3 Å². The van der Waals surface area contributed by atoms with Crippen LogP contribution in [0.4, 0.5) is 4.39 Å². The number of hydrogen-bond acceptors (Lipinski definition) is 4. The van der Waals surface area contributed by atoms with E-state index in [4.69, 9.17) is 17.3 Å². The van der Waals surface area contributed by atoms with Crippen molar-refractivity contribution in [1.29, 1.82) is 0 Å². The third-order valence-corrected chi connectivity index (χ3v) is 2.63. The molecule has 102 valence electrons. The van der Waals surface area contributed by atoms with Crippen LogP contribution in [-0.2, 0) is 4.84 Å². The summed E-state index contributed by atoms with van der Waals surface area (Å²) in [5, 5.41) is 3.50. The molecule has 1 aromatic heterocycles. The van der Waals surface area contributed by atoms with Gasteiger partial charge in [-0.15, -0.1) is 0 Å². The van der Waals surface area contributed by atoms with Gasteiger partial charge in [0.15, 0.2) is 5.84 Å². The number of pyridine rings is 1. The quantitative estimate of drug-likeness (QED) is 0.408. The minimum absolute atomic E-state index is 0.0583. The number of carbonyl (C=O) groups excluding carboxylic acids is 1. The predicted octanol–water partition coefficient (Wildman–Crippen LogP) is 2.35. The SMILES string of the molecule is N/C(=N\OC(=O)c1cc(F)ccc1Cl)c1ccccn1. The molecule has 0 bridgehead atoms. The molecular formula is C13H9ClFN3O2. The summed E-state index contributed by atoms with van der Waals surface area (Å²) < 4.78 is 13.0. The standard InChI is InChI=1S/C13H9ClFN3O2/c14-10-5-4-8(15)7-9(10)13(19)20-18-12(16)11-3-1-2-6-17-11/h1-7H,(H2,16,18). The molecule has 0 aliphatic carbocycles. The smallest absolute Gasteiger partial charge is 0.367 e. The minimum atomic E-state index is -0.909. The topological polar surface area (TPSA) is 77.6 Å². The van der Waals surface area contributed by atoms with Crippen molar-refractivity contribution in [3.63, 3.8) is 0 Å². The molecule has 0 radical (unpaired) electrons.